The second-order valence-corrected chi connectivity index (χ2v) is 1.87. The molecule has 0 aliphatic rings. The van der Waals surface area contributed by atoms with Gasteiger partial charge in [0.25, 0.3) is 6.33 Å². The zero-order chi connectivity index (χ0) is 6.85. The number of aromatic nitrogens is 2. The predicted octanol–water partition coefficient (Wildman–Crippen LogP) is -3.47. The van der Waals surface area contributed by atoms with Crippen molar-refractivity contribution < 1.29 is 27.3 Å². The van der Waals surface area contributed by atoms with Crippen LogP contribution in [0.25, 0.3) is 0 Å². The minimum Gasteiger partial charge on any atom is -1.00 e. The van der Waals surface area contributed by atoms with Crippen LogP contribution in [0.4, 0.5) is 0 Å². The molecule has 1 atom stereocenters. The normalized spacial score (nSPS) is 12.2. The molecule has 1 rings (SSSR count). The lowest BCUT2D eigenvalue weighted by Crippen LogP contribution is -3.00. The van der Waals surface area contributed by atoms with Crippen LogP contribution in [0.5, 0.6) is 0 Å². The summed E-state index contributed by atoms with van der Waals surface area (Å²) in [6.45, 7) is 1.61. The summed E-state index contributed by atoms with van der Waals surface area (Å²) in [7, 11) is 0. The fourth-order valence-electron chi connectivity index (χ4n) is 0.580. The van der Waals surface area contributed by atoms with E-state index in [4.69, 9.17) is 10.3 Å². The molecule has 0 fully saturated rings. The summed E-state index contributed by atoms with van der Waals surface area (Å²) in [6, 6.07) is 0. The Morgan fingerprint density at radius 2 is 2.20 bits per heavy atom. The number of imidazole rings is 1. The highest BCUT2D eigenvalue weighted by Crippen LogP contribution is 1.85. The van der Waals surface area contributed by atoms with Gasteiger partial charge in [-0.2, -0.15) is 0 Å². The van der Waals surface area contributed by atoms with Gasteiger partial charge in [0.2, 0.25) is 0 Å². The Kier molecular flexibility index (Phi) is 3.18. The summed E-state index contributed by atoms with van der Waals surface area (Å²) in [6.07, 6.45) is 3.81. The van der Waals surface area contributed by atoms with Gasteiger partial charge in [-0.25, -0.2) is 4.57 Å². The molecular weight excluding hydrogens is 156 g/mol. The molecule has 1 heterocycles. The van der Waals surface area contributed by atoms with Gasteiger partial charge in [-0.3, -0.25) is 0 Å². The van der Waals surface area contributed by atoms with Crippen LogP contribution >= 0.6 is 0 Å². The van der Waals surface area contributed by atoms with Crippen molar-refractivity contribution >= 4 is 0 Å². The standard InChI is InChI=1S/C5H9N2O2.ClH/c1-5(8)6-2-3-7(9)4-6;/h2-5,8-9H,1H3;1H/q+1;/p-1. The van der Waals surface area contributed by atoms with E-state index in [1.165, 1.54) is 17.1 Å². The second kappa shape index (κ2) is 3.43. The number of nitrogens with zero attached hydrogens (tertiary/aromatic N) is 2. The number of aliphatic hydroxyl groups is 1. The lowest BCUT2D eigenvalue weighted by Gasteiger charge is -1.94. The number of rotatable bonds is 1. The molecule has 0 aromatic carbocycles. The van der Waals surface area contributed by atoms with Gasteiger partial charge in [0.1, 0.15) is 6.20 Å². The van der Waals surface area contributed by atoms with Gasteiger partial charge in [0.15, 0.2) is 12.4 Å². The largest absolute Gasteiger partial charge is 1.00 e. The van der Waals surface area contributed by atoms with E-state index in [9.17, 15) is 0 Å². The first-order valence-corrected chi connectivity index (χ1v) is 2.66. The molecule has 2 N–H and O–H groups in total. The quantitative estimate of drug-likeness (QED) is 0.335. The summed E-state index contributed by atoms with van der Waals surface area (Å²) in [5.41, 5.74) is 0. The van der Waals surface area contributed by atoms with Crippen LogP contribution in [-0.4, -0.2) is 15.0 Å². The molecule has 0 aliphatic heterocycles. The van der Waals surface area contributed by atoms with Crippen molar-refractivity contribution in [1.29, 1.82) is 0 Å². The Hall–Kier alpha value is -0.740. The molecular formula is C5H9ClN2O2. The number of aliphatic hydroxyl groups excluding tert-OH is 1. The Bertz CT molecular complexity index is 199. The van der Waals surface area contributed by atoms with E-state index in [1.54, 1.807) is 13.1 Å². The van der Waals surface area contributed by atoms with Crippen molar-refractivity contribution in [2.24, 2.45) is 0 Å². The van der Waals surface area contributed by atoms with Crippen LogP contribution in [0, 0.1) is 0 Å². The van der Waals surface area contributed by atoms with Gasteiger partial charge >= 0.3 is 0 Å². The lowest BCUT2D eigenvalue weighted by atomic mass is 10.6. The minimum absolute atomic E-state index is 0. The van der Waals surface area contributed by atoms with Crippen molar-refractivity contribution in [3.63, 3.8) is 0 Å². The third kappa shape index (κ3) is 1.89. The Morgan fingerprint density at radius 3 is 2.40 bits per heavy atom. The predicted molar refractivity (Wildman–Crippen MR) is 28.7 cm³/mol. The lowest BCUT2D eigenvalue weighted by molar-refractivity contribution is -0.756. The summed E-state index contributed by atoms with van der Waals surface area (Å²) < 4.78 is 2.35. The van der Waals surface area contributed by atoms with Crippen LogP contribution in [0.1, 0.15) is 13.2 Å². The fourth-order valence-corrected chi connectivity index (χ4v) is 0.580. The van der Waals surface area contributed by atoms with Crippen molar-refractivity contribution in [2.45, 2.75) is 13.2 Å². The molecule has 0 radical (unpaired) electrons. The average molecular weight is 165 g/mol. The summed E-state index contributed by atoms with van der Waals surface area (Å²) in [5.74, 6) is 0. The molecule has 0 spiro atoms. The van der Waals surface area contributed by atoms with Gasteiger partial charge < -0.3 is 22.7 Å². The molecule has 1 aromatic heterocycles. The SMILES string of the molecule is CC(O)[n+]1ccn(O)c1.[Cl-]. The highest BCUT2D eigenvalue weighted by atomic mass is 35.5. The van der Waals surface area contributed by atoms with Gasteiger partial charge in [-0.05, 0) is 0 Å². The number of halogens is 1. The fraction of sp³-hybridized carbons (Fsp3) is 0.400. The maximum absolute atomic E-state index is 8.88. The zero-order valence-corrected chi connectivity index (χ0v) is 6.23. The molecule has 4 nitrogen and oxygen atoms in total. The zero-order valence-electron chi connectivity index (χ0n) is 5.48. The smallest absolute Gasteiger partial charge is 0.286 e. The van der Waals surface area contributed by atoms with E-state index in [0.29, 0.717) is 0 Å². The van der Waals surface area contributed by atoms with E-state index in [1.807, 2.05) is 0 Å². The number of hydrogen-bond acceptors (Lipinski definition) is 2. The van der Waals surface area contributed by atoms with Crippen LogP contribution in [0.3, 0.4) is 0 Å². The molecule has 0 amide bonds. The van der Waals surface area contributed by atoms with Crippen LogP contribution < -0.4 is 17.0 Å². The first-order valence-electron chi connectivity index (χ1n) is 2.66. The van der Waals surface area contributed by atoms with E-state index in [2.05, 4.69) is 0 Å². The van der Waals surface area contributed by atoms with E-state index >= 15 is 0 Å². The Balaban J connectivity index is 0.000000810. The highest BCUT2D eigenvalue weighted by molar-refractivity contribution is 4.59. The Labute approximate surface area is 64.7 Å². The average Bonchev–Trinajstić information content (AvgIpc) is 2.14. The monoisotopic (exact) mass is 164 g/mol. The summed E-state index contributed by atoms with van der Waals surface area (Å²) >= 11 is 0. The van der Waals surface area contributed by atoms with Crippen LogP contribution in [-0.2, 0) is 0 Å². The Morgan fingerprint density at radius 1 is 1.60 bits per heavy atom. The molecule has 5 heteroatoms. The van der Waals surface area contributed by atoms with Gasteiger partial charge in [-0.15, -0.1) is 0 Å². The first kappa shape index (κ1) is 9.26. The first-order chi connectivity index (χ1) is 4.20. The minimum atomic E-state index is -0.585. The molecule has 0 saturated heterocycles. The van der Waals surface area contributed by atoms with E-state index in [-0.39, 0.29) is 12.4 Å². The van der Waals surface area contributed by atoms with E-state index < -0.39 is 6.23 Å². The van der Waals surface area contributed by atoms with Gasteiger partial charge in [0, 0.05) is 6.92 Å². The topological polar surface area (TPSA) is 49.3 Å². The van der Waals surface area contributed by atoms with Crippen molar-refractivity contribution in [1.82, 2.24) is 4.73 Å². The highest BCUT2D eigenvalue weighted by Gasteiger charge is 2.05. The molecule has 10 heavy (non-hydrogen) atoms. The van der Waals surface area contributed by atoms with Crippen molar-refractivity contribution in [3.8, 4) is 0 Å². The molecule has 0 saturated carbocycles. The summed E-state index contributed by atoms with van der Waals surface area (Å²) in [4.78, 5) is 0. The summed E-state index contributed by atoms with van der Waals surface area (Å²) in [5, 5.41) is 17.6. The van der Waals surface area contributed by atoms with E-state index in [0.717, 1.165) is 4.73 Å². The maximum atomic E-state index is 8.88. The second-order valence-electron chi connectivity index (χ2n) is 1.87. The van der Waals surface area contributed by atoms with Crippen LogP contribution in [0.2, 0.25) is 0 Å². The molecule has 58 valence electrons. The van der Waals surface area contributed by atoms with Gasteiger partial charge in [0.05, 0.1) is 0 Å². The molecule has 0 aliphatic carbocycles. The third-order valence-corrected chi connectivity index (χ3v) is 1.07. The third-order valence-electron chi connectivity index (χ3n) is 1.07. The van der Waals surface area contributed by atoms with Crippen LogP contribution in [0.15, 0.2) is 18.7 Å². The molecule has 1 aromatic rings. The maximum Gasteiger partial charge on any atom is 0.286 e. The molecule has 0 bridgehead atoms. The molecule has 1 unspecified atom stereocenters. The number of hydrogen-bond donors (Lipinski definition) is 2. The van der Waals surface area contributed by atoms with Crippen molar-refractivity contribution in [3.05, 3.63) is 18.7 Å². The van der Waals surface area contributed by atoms with Gasteiger partial charge in [-0.1, -0.05) is 4.73 Å². The van der Waals surface area contributed by atoms with Crippen molar-refractivity contribution in [2.75, 3.05) is 0 Å².